The predicted molar refractivity (Wildman–Crippen MR) is 114 cm³/mol. The quantitative estimate of drug-likeness (QED) is 0.309. The Labute approximate surface area is 191 Å². The van der Waals surface area contributed by atoms with Crippen molar-refractivity contribution in [2.75, 3.05) is 0 Å². The average Bonchev–Trinajstić information content (AvgIpc) is 3.22. The second-order valence-electron chi connectivity index (χ2n) is 7.39. The fourth-order valence-electron chi connectivity index (χ4n) is 3.16. The molecule has 3 nitrogen and oxygen atoms in total. The van der Waals surface area contributed by atoms with Gasteiger partial charge in [-0.15, -0.1) is 11.3 Å². The van der Waals surface area contributed by atoms with Gasteiger partial charge in [0, 0.05) is 4.88 Å². The van der Waals surface area contributed by atoms with Gasteiger partial charge in [-0.2, -0.15) is 26.3 Å². The van der Waals surface area contributed by atoms with Gasteiger partial charge >= 0.3 is 12.4 Å². The van der Waals surface area contributed by atoms with Gasteiger partial charge in [-0.25, -0.2) is 0 Å². The first-order valence-corrected chi connectivity index (χ1v) is 10.9. The van der Waals surface area contributed by atoms with Crippen molar-refractivity contribution in [3.8, 4) is 0 Å². The zero-order valence-corrected chi connectivity index (χ0v) is 18.5. The van der Waals surface area contributed by atoms with Gasteiger partial charge in [0.2, 0.25) is 0 Å². The summed E-state index contributed by atoms with van der Waals surface area (Å²) in [4.78, 5) is 0.965. The molecule has 0 aliphatic rings. The highest BCUT2D eigenvalue weighted by molar-refractivity contribution is 7.10. The third-order valence-electron chi connectivity index (χ3n) is 5.18. The number of allylic oxidation sites excluding steroid dienone is 3. The summed E-state index contributed by atoms with van der Waals surface area (Å²) < 4.78 is 76.7. The molecule has 0 fully saturated rings. The van der Waals surface area contributed by atoms with Gasteiger partial charge in [0.15, 0.2) is 0 Å². The summed E-state index contributed by atoms with van der Waals surface area (Å²) in [6.07, 6.45) is -8.72. The molecule has 0 saturated carbocycles. The lowest BCUT2D eigenvalue weighted by atomic mass is 10.00. The molecule has 0 unspecified atom stereocenters. The Balaban J connectivity index is 2.15. The van der Waals surface area contributed by atoms with E-state index >= 15 is 0 Å². The molecule has 0 radical (unpaired) electrons. The van der Waals surface area contributed by atoms with Crippen molar-refractivity contribution in [3.63, 3.8) is 0 Å². The highest BCUT2D eigenvalue weighted by Crippen LogP contribution is 2.44. The van der Waals surface area contributed by atoms with Crippen LogP contribution in [0, 0.1) is 0 Å². The summed E-state index contributed by atoms with van der Waals surface area (Å²) in [5.41, 5.74) is -1.48. The largest absolute Gasteiger partial charge is 0.430 e. The minimum Gasteiger partial charge on any atom is -0.392 e. The lowest BCUT2D eigenvalue weighted by molar-refractivity contribution is -0.347. The number of aryl methyl sites for hydroxylation is 2. The van der Waals surface area contributed by atoms with Crippen LogP contribution in [0.5, 0.6) is 0 Å². The second-order valence-corrected chi connectivity index (χ2v) is 8.38. The smallest absolute Gasteiger partial charge is 0.392 e. The van der Waals surface area contributed by atoms with Crippen LogP contribution in [0.25, 0.3) is 5.57 Å². The summed E-state index contributed by atoms with van der Waals surface area (Å²) in [5, 5.41) is 29.6. The highest BCUT2D eigenvalue weighted by atomic mass is 32.1. The Hall–Kier alpha value is -2.14. The van der Waals surface area contributed by atoms with Crippen molar-refractivity contribution in [2.45, 2.75) is 57.4 Å². The molecule has 1 heterocycles. The van der Waals surface area contributed by atoms with Crippen molar-refractivity contribution >= 4 is 16.9 Å². The summed E-state index contributed by atoms with van der Waals surface area (Å²) in [6.45, 7) is 1.35. The highest BCUT2D eigenvalue weighted by Gasteiger charge is 2.68. The summed E-state index contributed by atoms with van der Waals surface area (Å²) >= 11 is 1.41. The van der Waals surface area contributed by atoms with E-state index in [0.717, 1.165) is 16.5 Å². The number of aliphatic hydroxyl groups excluding tert-OH is 2. The molecule has 2 aromatic rings. The molecule has 0 saturated heterocycles. The number of alkyl halides is 6. The van der Waals surface area contributed by atoms with E-state index in [2.05, 4.69) is 0 Å². The summed E-state index contributed by atoms with van der Waals surface area (Å²) in [7, 11) is 0. The van der Waals surface area contributed by atoms with Gasteiger partial charge in [-0.3, -0.25) is 0 Å². The van der Waals surface area contributed by atoms with Gasteiger partial charge in [0.1, 0.15) is 0 Å². The second kappa shape index (κ2) is 10.9. The standard InChI is InChI=1S/C23H24F6O3S/c1-2-16(4-3-9-21(32,22(24,25)26)23(27,28)29)19-11-20(33-14-19)8-6-15-5-7-17(12-30)18(10-15)13-31/h3-5,7,9-11,14,30-32H,2,6,8,12-13H2,1H3/b9-3-,16-4-. The van der Waals surface area contributed by atoms with Crippen LogP contribution in [0.4, 0.5) is 26.3 Å². The Morgan fingerprint density at radius 2 is 1.58 bits per heavy atom. The van der Waals surface area contributed by atoms with Crippen LogP contribution < -0.4 is 0 Å². The van der Waals surface area contributed by atoms with E-state index in [0.29, 0.717) is 47.6 Å². The van der Waals surface area contributed by atoms with Crippen LogP contribution >= 0.6 is 11.3 Å². The van der Waals surface area contributed by atoms with E-state index in [1.165, 1.54) is 11.3 Å². The lowest BCUT2D eigenvalue weighted by Gasteiger charge is -2.29. The van der Waals surface area contributed by atoms with Crippen molar-refractivity contribution in [2.24, 2.45) is 0 Å². The third-order valence-corrected chi connectivity index (χ3v) is 6.17. The van der Waals surface area contributed by atoms with Crippen LogP contribution in [0.15, 0.2) is 47.9 Å². The molecule has 3 N–H and O–H groups in total. The first-order valence-electron chi connectivity index (χ1n) is 10.0. The van der Waals surface area contributed by atoms with E-state index in [1.807, 2.05) is 18.2 Å². The molecule has 0 bridgehead atoms. The monoisotopic (exact) mass is 494 g/mol. The zero-order chi connectivity index (χ0) is 24.9. The number of halogens is 6. The zero-order valence-electron chi connectivity index (χ0n) is 17.7. The molecule has 1 aromatic carbocycles. The predicted octanol–water partition coefficient (Wildman–Crippen LogP) is 5.72. The average molecular weight is 494 g/mol. The molecule has 0 atom stereocenters. The molecule has 0 spiro atoms. The van der Waals surface area contributed by atoms with Crippen molar-refractivity contribution in [1.82, 2.24) is 0 Å². The molecule has 33 heavy (non-hydrogen) atoms. The number of benzene rings is 1. The number of thiophene rings is 1. The van der Waals surface area contributed by atoms with Gasteiger partial charge in [-0.05, 0) is 64.6 Å². The Bertz CT molecular complexity index is 975. The van der Waals surface area contributed by atoms with E-state index in [1.54, 1.807) is 18.4 Å². The molecule has 2 rings (SSSR count). The van der Waals surface area contributed by atoms with Crippen LogP contribution in [0.2, 0.25) is 0 Å². The topological polar surface area (TPSA) is 60.7 Å². The molecule has 0 aliphatic carbocycles. The molecule has 182 valence electrons. The van der Waals surface area contributed by atoms with Crippen molar-refractivity contribution in [1.29, 1.82) is 0 Å². The fraction of sp³-hybridized carbons (Fsp3) is 0.391. The Kier molecular flexibility index (Phi) is 8.92. The number of hydrogen-bond acceptors (Lipinski definition) is 4. The van der Waals surface area contributed by atoms with Gasteiger partial charge in [-0.1, -0.05) is 37.3 Å². The van der Waals surface area contributed by atoms with E-state index in [4.69, 9.17) is 0 Å². The minimum atomic E-state index is -5.90. The minimum absolute atomic E-state index is 0.172. The van der Waals surface area contributed by atoms with Crippen molar-refractivity contribution in [3.05, 3.63) is 75.0 Å². The normalized spacial score (nSPS) is 13.8. The lowest BCUT2D eigenvalue weighted by Crippen LogP contribution is -2.55. The first kappa shape index (κ1) is 27.1. The number of rotatable bonds is 9. The Morgan fingerprint density at radius 1 is 0.939 bits per heavy atom. The van der Waals surface area contributed by atoms with E-state index in [9.17, 15) is 41.7 Å². The molecule has 1 aromatic heterocycles. The van der Waals surface area contributed by atoms with Crippen LogP contribution in [-0.4, -0.2) is 33.3 Å². The molecular weight excluding hydrogens is 470 g/mol. The van der Waals surface area contributed by atoms with Crippen LogP contribution in [-0.2, 0) is 26.1 Å². The molecular formula is C23H24F6O3S. The molecule has 0 amide bonds. The maximum absolute atomic E-state index is 12.8. The van der Waals surface area contributed by atoms with E-state index in [-0.39, 0.29) is 19.3 Å². The fourth-order valence-corrected chi connectivity index (χ4v) is 4.07. The van der Waals surface area contributed by atoms with Crippen molar-refractivity contribution < 1.29 is 41.7 Å². The van der Waals surface area contributed by atoms with Gasteiger partial charge in [0.25, 0.3) is 5.60 Å². The maximum Gasteiger partial charge on any atom is 0.430 e. The van der Waals surface area contributed by atoms with Gasteiger partial charge in [0.05, 0.1) is 13.2 Å². The maximum atomic E-state index is 12.8. The van der Waals surface area contributed by atoms with Gasteiger partial charge < -0.3 is 15.3 Å². The molecule has 10 heteroatoms. The first-order chi connectivity index (χ1) is 15.4. The van der Waals surface area contributed by atoms with E-state index < -0.39 is 18.0 Å². The van der Waals surface area contributed by atoms with Crippen LogP contribution in [0.1, 0.15) is 40.5 Å². The number of aliphatic hydroxyl groups is 3. The van der Waals surface area contributed by atoms with Crippen LogP contribution in [0.3, 0.4) is 0 Å². The number of hydrogen-bond donors (Lipinski definition) is 3. The SMILES string of the molecule is CC/C(=C/C=C\C(O)(C(F)(F)F)C(F)(F)F)c1csc(CCc2ccc(CO)c(CO)c2)c1. The molecule has 0 aliphatic heterocycles. The summed E-state index contributed by atoms with van der Waals surface area (Å²) in [6, 6.07) is 7.23. The Morgan fingerprint density at radius 3 is 2.12 bits per heavy atom. The summed E-state index contributed by atoms with van der Waals surface area (Å²) in [5.74, 6) is 0. The third kappa shape index (κ3) is 6.47.